The fourth-order valence-corrected chi connectivity index (χ4v) is 5.63. The summed E-state index contributed by atoms with van der Waals surface area (Å²) in [6.07, 6.45) is 2.32. The van der Waals surface area contributed by atoms with Crippen molar-refractivity contribution in [2.75, 3.05) is 6.61 Å². The van der Waals surface area contributed by atoms with E-state index in [2.05, 4.69) is 29.6 Å². The number of nitrogens with one attached hydrogen (secondary N) is 1. The molecule has 5 nitrogen and oxygen atoms in total. The highest BCUT2D eigenvalue weighted by Gasteiger charge is 2.51. The number of alkyl carbamates (subject to hydrolysis) is 1. The summed E-state index contributed by atoms with van der Waals surface area (Å²) in [4.78, 5) is 24.1. The van der Waals surface area contributed by atoms with E-state index in [0.717, 1.165) is 19.3 Å². The quantitative estimate of drug-likeness (QED) is 0.844. The predicted octanol–water partition coefficient (Wildman–Crippen LogP) is 4.02. The van der Waals surface area contributed by atoms with E-state index in [1.54, 1.807) is 0 Å². The summed E-state index contributed by atoms with van der Waals surface area (Å²) in [5.41, 5.74) is 4.71. The maximum atomic E-state index is 12.5. The smallest absolute Gasteiger partial charge is 0.407 e. The number of aliphatic carboxylic acids is 1. The zero-order valence-electron chi connectivity index (χ0n) is 15.5. The van der Waals surface area contributed by atoms with Crippen molar-refractivity contribution in [2.45, 2.75) is 31.2 Å². The van der Waals surface area contributed by atoms with E-state index < -0.39 is 18.0 Å². The molecular weight excluding hydrogens is 354 g/mol. The van der Waals surface area contributed by atoms with Crippen LogP contribution >= 0.6 is 0 Å². The third-order valence-corrected chi connectivity index (χ3v) is 6.83. The van der Waals surface area contributed by atoms with Gasteiger partial charge in [-0.05, 0) is 53.4 Å². The zero-order chi connectivity index (χ0) is 19.3. The van der Waals surface area contributed by atoms with E-state index >= 15 is 0 Å². The standard InChI is InChI=1S/C23H23NO4/c25-22(26)20-13-9-10-14(11-13)21(20)24-23(27)28-12-19-17-7-3-1-5-15(17)16-6-2-4-8-18(16)19/h1-8,13-14,19-21H,9-12H2,(H,24,27)(H,25,26)/t13-,14+,20+,21+/m1/s1. The van der Waals surface area contributed by atoms with E-state index in [4.69, 9.17) is 4.74 Å². The molecule has 2 aromatic rings. The van der Waals surface area contributed by atoms with E-state index in [9.17, 15) is 14.7 Å². The first-order valence-electron chi connectivity index (χ1n) is 9.98. The van der Waals surface area contributed by atoms with Crippen LogP contribution in [0.25, 0.3) is 11.1 Å². The number of rotatable bonds is 4. The molecule has 0 heterocycles. The minimum Gasteiger partial charge on any atom is -0.481 e. The molecule has 0 aromatic heterocycles. The van der Waals surface area contributed by atoms with Crippen molar-refractivity contribution in [1.82, 2.24) is 5.32 Å². The Kier molecular flexibility index (Phi) is 4.11. The summed E-state index contributed by atoms with van der Waals surface area (Å²) in [6.45, 7) is 0.248. The molecule has 2 fully saturated rings. The third-order valence-electron chi connectivity index (χ3n) is 6.83. The topological polar surface area (TPSA) is 75.6 Å². The molecule has 0 spiro atoms. The second kappa shape index (κ2) is 6.66. The molecule has 0 saturated heterocycles. The van der Waals surface area contributed by atoms with E-state index in [0.29, 0.717) is 0 Å². The van der Waals surface area contributed by atoms with E-state index in [1.165, 1.54) is 22.3 Å². The lowest BCUT2D eigenvalue weighted by Crippen LogP contribution is -2.47. The highest BCUT2D eigenvalue weighted by molar-refractivity contribution is 5.79. The number of fused-ring (bicyclic) bond motifs is 5. The number of carbonyl (C=O) groups is 2. The Morgan fingerprint density at radius 2 is 1.57 bits per heavy atom. The van der Waals surface area contributed by atoms with Crippen molar-refractivity contribution in [2.24, 2.45) is 17.8 Å². The van der Waals surface area contributed by atoms with Gasteiger partial charge in [0, 0.05) is 12.0 Å². The van der Waals surface area contributed by atoms with Gasteiger partial charge < -0.3 is 15.2 Å². The van der Waals surface area contributed by atoms with Crippen molar-refractivity contribution in [3.05, 3.63) is 59.7 Å². The molecule has 0 radical (unpaired) electrons. The highest BCUT2D eigenvalue weighted by Crippen LogP contribution is 2.49. The first kappa shape index (κ1) is 17.3. The number of carbonyl (C=O) groups excluding carboxylic acids is 1. The Morgan fingerprint density at radius 3 is 2.21 bits per heavy atom. The lowest BCUT2D eigenvalue weighted by Gasteiger charge is -2.28. The van der Waals surface area contributed by atoms with Gasteiger partial charge >= 0.3 is 12.1 Å². The van der Waals surface area contributed by atoms with Crippen LogP contribution in [-0.2, 0) is 9.53 Å². The average molecular weight is 377 g/mol. The summed E-state index contributed by atoms with van der Waals surface area (Å²) in [5.74, 6) is -0.850. The molecule has 0 aliphatic heterocycles. The molecule has 4 atom stereocenters. The number of hydrogen-bond donors (Lipinski definition) is 2. The zero-order valence-corrected chi connectivity index (χ0v) is 15.5. The first-order valence-corrected chi connectivity index (χ1v) is 9.98. The van der Waals surface area contributed by atoms with Crippen molar-refractivity contribution >= 4 is 12.1 Å². The minimum absolute atomic E-state index is 0.00782. The Balaban J connectivity index is 1.29. The number of amides is 1. The van der Waals surface area contributed by atoms with Crippen molar-refractivity contribution in [3.8, 4) is 11.1 Å². The normalized spacial score (nSPS) is 27.3. The number of carboxylic acid groups (broad SMARTS) is 1. The number of hydrogen-bond acceptors (Lipinski definition) is 3. The van der Waals surface area contributed by atoms with Crippen LogP contribution in [0.3, 0.4) is 0 Å². The van der Waals surface area contributed by atoms with Gasteiger partial charge in [-0.25, -0.2) is 4.79 Å². The lowest BCUT2D eigenvalue weighted by atomic mass is 9.84. The Morgan fingerprint density at radius 1 is 0.964 bits per heavy atom. The molecule has 3 aliphatic carbocycles. The maximum Gasteiger partial charge on any atom is 0.407 e. The summed E-state index contributed by atoms with van der Waals surface area (Å²) in [6, 6.07) is 16.1. The molecular formula is C23H23NO4. The number of carboxylic acids is 1. The molecule has 144 valence electrons. The van der Waals surface area contributed by atoms with Crippen LogP contribution in [-0.4, -0.2) is 29.8 Å². The van der Waals surface area contributed by atoms with Crippen LogP contribution in [0.2, 0.25) is 0 Å². The van der Waals surface area contributed by atoms with Gasteiger partial charge in [-0.3, -0.25) is 4.79 Å². The molecule has 28 heavy (non-hydrogen) atoms. The van der Waals surface area contributed by atoms with Crippen LogP contribution in [0, 0.1) is 17.8 Å². The molecule has 2 aromatic carbocycles. The Bertz CT molecular complexity index is 894. The van der Waals surface area contributed by atoms with Gasteiger partial charge in [0.05, 0.1) is 5.92 Å². The van der Waals surface area contributed by atoms with Crippen LogP contribution in [0.5, 0.6) is 0 Å². The van der Waals surface area contributed by atoms with Gasteiger partial charge in [0.25, 0.3) is 0 Å². The molecule has 2 N–H and O–H groups in total. The van der Waals surface area contributed by atoms with Gasteiger partial charge in [0.1, 0.15) is 6.61 Å². The van der Waals surface area contributed by atoms with E-state index in [-0.39, 0.29) is 30.4 Å². The summed E-state index contributed by atoms with van der Waals surface area (Å²) >= 11 is 0. The monoisotopic (exact) mass is 377 g/mol. The summed E-state index contributed by atoms with van der Waals surface area (Å²) in [5, 5.41) is 12.4. The fraction of sp³-hybridized carbons (Fsp3) is 0.391. The van der Waals surface area contributed by atoms with Crippen molar-refractivity contribution in [3.63, 3.8) is 0 Å². The van der Waals surface area contributed by atoms with Crippen LogP contribution in [0.15, 0.2) is 48.5 Å². The van der Waals surface area contributed by atoms with Gasteiger partial charge in [0.2, 0.25) is 0 Å². The minimum atomic E-state index is -0.809. The third kappa shape index (κ3) is 2.68. The number of benzene rings is 2. The average Bonchev–Trinajstić information content (AvgIpc) is 3.38. The van der Waals surface area contributed by atoms with Gasteiger partial charge in [-0.15, -0.1) is 0 Å². The molecule has 2 bridgehead atoms. The summed E-state index contributed by atoms with van der Waals surface area (Å²) in [7, 11) is 0. The SMILES string of the molecule is O=C(N[C@H]1[C@H]2CC[C@H](C2)[C@@H]1C(=O)O)OCC1c2ccccc2-c2ccccc21. The Hall–Kier alpha value is -2.82. The van der Waals surface area contributed by atoms with Gasteiger partial charge in [-0.2, -0.15) is 0 Å². The van der Waals surface area contributed by atoms with E-state index in [1.807, 2.05) is 24.3 Å². The second-order valence-electron chi connectivity index (χ2n) is 8.19. The molecule has 2 saturated carbocycles. The molecule has 5 rings (SSSR count). The molecule has 5 heteroatoms. The Labute approximate surface area is 163 Å². The fourth-order valence-electron chi connectivity index (χ4n) is 5.63. The second-order valence-corrected chi connectivity index (χ2v) is 8.19. The molecule has 1 amide bonds. The van der Waals surface area contributed by atoms with Crippen molar-refractivity contribution < 1.29 is 19.4 Å². The van der Waals surface area contributed by atoms with Crippen LogP contribution < -0.4 is 5.32 Å². The maximum absolute atomic E-state index is 12.5. The largest absolute Gasteiger partial charge is 0.481 e. The highest BCUT2D eigenvalue weighted by atomic mass is 16.5. The first-order chi connectivity index (χ1) is 13.6. The molecule has 3 aliphatic rings. The molecule has 0 unspecified atom stereocenters. The predicted molar refractivity (Wildman–Crippen MR) is 104 cm³/mol. The van der Waals surface area contributed by atoms with Crippen molar-refractivity contribution in [1.29, 1.82) is 0 Å². The van der Waals surface area contributed by atoms with Crippen LogP contribution in [0.4, 0.5) is 4.79 Å². The van der Waals surface area contributed by atoms with Gasteiger partial charge in [0.15, 0.2) is 0 Å². The number of ether oxygens (including phenoxy) is 1. The van der Waals surface area contributed by atoms with Crippen LogP contribution in [0.1, 0.15) is 36.3 Å². The lowest BCUT2D eigenvalue weighted by molar-refractivity contribution is -0.144. The van der Waals surface area contributed by atoms with Gasteiger partial charge in [-0.1, -0.05) is 48.5 Å². The summed E-state index contributed by atoms with van der Waals surface area (Å²) < 4.78 is 5.59.